The van der Waals surface area contributed by atoms with Crippen LogP contribution < -0.4 is 9.47 Å². The molecule has 2 N–H and O–H groups in total. The van der Waals surface area contributed by atoms with Gasteiger partial charge in [-0.05, 0) is 86.7 Å². The van der Waals surface area contributed by atoms with Crippen LogP contribution >= 0.6 is 0 Å². The Kier molecular flexibility index (Phi) is 9.08. The number of rotatable bonds is 8. The number of para-hydroxylation sites is 4. The molecule has 0 unspecified atom stereocenters. The van der Waals surface area contributed by atoms with E-state index in [2.05, 4.69) is 149 Å². The van der Waals surface area contributed by atoms with Gasteiger partial charge in [-0.25, -0.2) is 0 Å². The van der Waals surface area contributed by atoms with Crippen LogP contribution in [0.1, 0.15) is 86.4 Å². The number of nitrogens with zero attached hydrogens (tertiary/aromatic N) is 1. The Morgan fingerprint density at radius 3 is 1.43 bits per heavy atom. The predicted octanol–water partition coefficient (Wildman–Crippen LogP) is 13.1. The summed E-state index contributed by atoms with van der Waals surface area (Å²) in [5.41, 5.74) is 11.7. The van der Waals surface area contributed by atoms with Crippen LogP contribution in [0.4, 0.5) is 0 Å². The van der Waals surface area contributed by atoms with Crippen LogP contribution in [-0.2, 0) is 24.0 Å². The lowest BCUT2D eigenvalue weighted by atomic mass is 9.80. The molecule has 1 heterocycles. The molecular weight excluding hydrogens is 715 g/mol. The molecule has 1 aromatic heterocycles. The van der Waals surface area contributed by atoms with Crippen molar-refractivity contribution in [1.29, 1.82) is 0 Å². The van der Waals surface area contributed by atoms with Crippen LogP contribution in [0, 0.1) is 0 Å². The fraction of sp³-hybridized carbons (Fsp3) is 0.208. The molecule has 0 saturated carbocycles. The molecular formula is C53H49NO4. The lowest BCUT2D eigenvalue weighted by Gasteiger charge is -2.25. The molecule has 9 rings (SSSR count). The summed E-state index contributed by atoms with van der Waals surface area (Å²) >= 11 is 0. The minimum atomic E-state index is -0.192. The highest BCUT2D eigenvalue weighted by atomic mass is 16.5. The Bertz CT molecular complexity index is 2750. The van der Waals surface area contributed by atoms with E-state index < -0.39 is 0 Å². The van der Waals surface area contributed by atoms with Crippen molar-refractivity contribution in [2.45, 2.75) is 71.5 Å². The largest absolute Gasteiger partial charge is 0.507 e. The Morgan fingerprint density at radius 2 is 0.914 bits per heavy atom. The summed E-state index contributed by atoms with van der Waals surface area (Å²) in [4.78, 5) is 0. The highest BCUT2D eigenvalue weighted by Gasteiger charge is 2.33. The minimum absolute atomic E-state index is 0.104. The molecule has 0 saturated heterocycles. The first-order valence-corrected chi connectivity index (χ1v) is 20.1. The third-order valence-corrected chi connectivity index (χ3v) is 11.7. The van der Waals surface area contributed by atoms with Gasteiger partial charge in [0.15, 0.2) is 11.5 Å². The van der Waals surface area contributed by atoms with E-state index in [4.69, 9.17) is 9.47 Å². The molecule has 5 nitrogen and oxygen atoms in total. The number of hydrogen-bond acceptors (Lipinski definition) is 4. The SMILES string of the molecule is CC(C)(C)c1cc(COc2ccccc2OCc2cc(C(C)(C)C)cc(-n3c4ccccc4c4ccccc43)c2O)c(O)c(C2c3ccccc3-c3ccccc32)c1. The number of phenols is 2. The summed E-state index contributed by atoms with van der Waals surface area (Å²) in [6, 6.07) is 49.7. The topological polar surface area (TPSA) is 63.9 Å². The van der Waals surface area contributed by atoms with Crippen molar-refractivity contribution in [1.82, 2.24) is 4.57 Å². The maximum atomic E-state index is 12.1. The predicted molar refractivity (Wildman–Crippen MR) is 236 cm³/mol. The number of hydrogen-bond donors (Lipinski definition) is 2. The fourth-order valence-corrected chi connectivity index (χ4v) is 8.55. The highest BCUT2D eigenvalue weighted by molar-refractivity contribution is 6.09. The molecule has 0 fully saturated rings. The van der Waals surface area contributed by atoms with E-state index in [1.165, 1.54) is 22.3 Å². The van der Waals surface area contributed by atoms with Gasteiger partial charge >= 0.3 is 0 Å². The highest BCUT2D eigenvalue weighted by Crippen LogP contribution is 2.51. The first kappa shape index (κ1) is 37.1. The van der Waals surface area contributed by atoms with Crippen LogP contribution in [0.25, 0.3) is 38.6 Å². The standard InChI is InChI=1S/C53H49NO4/c1-52(2,3)35-27-33(50(55)43(29-35)49-41-21-9-7-17-37(41)38-18-8-10-22-42(38)49)31-57-47-25-15-16-26-48(47)58-32-34-28-36(53(4,5)6)30-46(51(34)56)54-44-23-13-11-19-39(44)40-20-12-14-24-45(40)54/h7-30,49,55-56H,31-32H2,1-6H3. The molecule has 0 bridgehead atoms. The van der Waals surface area contributed by atoms with Gasteiger partial charge in [0, 0.05) is 33.4 Å². The molecule has 290 valence electrons. The van der Waals surface area contributed by atoms with Gasteiger partial charge in [0.2, 0.25) is 0 Å². The zero-order valence-corrected chi connectivity index (χ0v) is 34.0. The number of ether oxygens (including phenoxy) is 2. The second kappa shape index (κ2) is 14.2. The Balaban J connectivity index is 1.05. The van der Waals surface area contributed by atoms with Crippen molar-refractivity contribution in [2.75, 3.05) is 0 Å². The third-order valence-electron chi connectivity index (χ3n) is 11.7. The molecule has 0 amide bonds. The van der Waals surface area contributed by atoms with E-state index in [0.29, 0.717) is 28.3 Å². The molecule has 0 radical (unpaired) electrons. The maximum absolute atomic E-state index is 12.1. The smallest absolute Gasteiger partial charge is 0.161 e. The molecule has 1 aliphatic rings. The van der Waals surface area contributed by atoms with Crippen molar-refractivity contribution >= 4 is 21.8 Å². The van der Waals surface area contributed by atoms with Crippen LogP contribution in [-0.4, -0.2) is 14.8 Å². The molecule has 1 aliphatic carbocycles. The van der Waals surface area contributed by atoms with Crippen LogP contribution in [0.2, 0.25) is 0 Å². The van der Waals surface area contributed by atoms with Gasteiger partial charge in [0.1, 0.15) is 24.7 Å². The van der Waals surface area contributed by atoms with Gasteiger partial charge in [-0.2, -0.15) is 0 Å². The summed E-state index contributed by atoms with van der Waals surface area (Å²) in [6.07, 6.45) is 0. The summed E-state index contributed by atoms with van der Waals surface area (Å²) in [6.45, 7) is 13.4. The molecule has 5 heteroatoms. The lowest BCUT2D eigenvalue weighted by molar-refractivity contribution is 0.251. The van der Waals surface area contributed by atoms with E-state index in [9.17, 15) is 10.2 Å². The zero-order valence-electron chi connectivity index (χ0n) is 34.0. The van der Waals surface area contributed by atoms with E-state index in [1.54, 1.807) is 0 Å². The summed E-state index contributed by atoms with van der Waals surface area (Å²) in [5, 5.41) is 26.4. The van der Waals surface area contributed by atoms with Gasteiger partial charge in [-0.3, -0.25) is 0 Å². The minimum Gasteiger partial charge on any atom is -0.507 e. The van der Waals surface area contributed by atoms with E-state index in [0.717, 1.165) is 38.5 Å². The summed E-state index contributed by atoms with van der Waals surface area (Å²) < 4.78 is 15.3. The van der Waals surface area contributed by atoms with Crippen LogP contribution in [0.3, 0.4) is 0 Å². The third kappa shape index (κ3) is 6.45. The van der Waals surface area contributed by atoms with Crippen LogP contribution in [0.5, 0.6) is 23.0 Å². The van der Waals surface area contributed by atoms with Gasteiger partial charge in [0.05, 0.1) is 16.7 Å². The molecule has 7 aromatic carbocycles. The number of phenolic OH excluding ortho intramolecular Hbond substituents is 2. The first-order chi connectivity index (χ1) is 27.9. The van der Waals surface area contributed by atoms with Crippen LogP contribution in [0.15, 0.2) is 146 Å². The van der Waals surface area contributed by atoms with E-state index >= 15 is 0 Å². The monoisotopic (exact) mass is 763 g/mol. The Hall–Kier alpha value is -6.46. The lowest BCUT2D eigenvalue weighted by Crippen LogP contribution is -2.14. The first-order valence-electron chi connectivity index (χ1n) is 20.1. The molecule has 0 aliphatic heterocycles. The Labute approximate surface area is 340 Å². The zero-order chi connectivity index (χ0) is 40.3. The van der Waals surface area contributed by atoms with E-state index in [-0.39, 0.29) is 41.5 Å². The van der Waals surface area contributed by atoms with Gasteiger partial charge < -0.3 is 24.3 Å². The second-order valence-corrected chi connectivity index (χ2v) is 17.6. The summed E-state index contributed by atoms with van der Waals surface area (Å²) in [7, 11) is 0. The summed E-state index contributed by atoms with van der Waals surface area (Å²) in [5.74, 6) is 1.41. The van der Waals surface area contributed by atoms with Gasteiger partial charge in [0.25, 0.3) is 0 Å². The van der Waals surface area contributed by atoms with Crippen molar-refractivity contribution in [3.8, 4) is 39.8 Å². The van der Waals surface area contributed by atoms with Crippen molar-refractivity contribution in [2.24, 2.45) is 0 Å². The fourth-order valence-electron chi connectivity index (χ4n) is 8.55. The van der Waals surface area contributed by atoms with Gasteiger partial charge in [-0.15, -0.1) is 0 Å². The molecule has 0 spiro atoms. The average molecular weight is 764 g/mol. The van der Waals surface area contributed by atoms with Crippen molar-refractivity contribution < 1.29 is 19.7 Å². The molecule has 58 heavy (non-hydrogen) atoms. The number of benzene rings is 7. The normalized spacial score (nSPS) is 12.9. The molecule has 0 atom stereocenters. The van der Waals surface area contributed by atoms with Gasteiger partial charge in [-0.1, -0.05) is 145 Å². The second-order valence-electron chi connectivity index (χ2n) is 17.6. The number of fused-ring (bicyclic) bond motifs is 6. The molecule has 8 aromatic rings. The maximum Gasteiger partial charge on any atom is 0.161 e. The van der Waals surface area contributed by atoms with E-state index in [1.807, 2.05) is 42.5 Å². The quantitative estimate of drug-likeness (QED) is 0.162. The number of aromatic hydroxyl groups is 2. The van der Waals surface area contributed by atoms with Crippen molar-refractivity contribution in [3.63, 3.8) is 0 Å². The Morgan fingerprint density at radius 1 is 0.483 bits per heavy atom. The van der Waals surface area contributed by atoms with Crippen molar-refractivity contribution in [3.05, 3.63) is 185 Å². The average Bonchev–Trinajstić information content (AvgIpc) is 3.73. The number of aromatic nitrogens is 1.